The van der Waals surface area contributed by atoms with E-state index in [1.165, 1.54) is 60.9 Å². The lowest BCUT2D eigenvalue weighted by molar-refractivity contribution is 0.323. The van der Waals surface area contributed by atoms with Crippen molar-refractivity contribution < 1.29 is 0 Å². The highest BCUT2D eigenvalue weighted by Gasteiger charge is 2.46. The van der Waals surface area contributed by atoms with Gasteiger partial charge in [-0.25, -0.2) is 0 Å². The third-order valence-electron chi connectivity index (χ3n) is 10.2. The first-order chi connectivity index (χ1) is 20.8. The predicted octanol–water partition coefficient (Wildman–Crippen LogP) is 12.0. The number of benzene rings is 3. The molecule has 0 saturated heterocycles. The molecule has 0 heteroatoms. The van der Waals surface area contributed by atoms with Crippen molar-refractivity contribution >= 4 is 21.9 Å². The van der Waals surface area contributed by atoms with Gasteiger partial charge in [-0.05, 0) is 99.8 Å². The molecular weight excluding hydrogens is 516 g/mol. The summed E-state index contributed by atoms with van der Waals surface area (Å²) in [7, 11) is 0. The van der Waals surface area contributed by atoms with Gasteiger partial charge in [-0.2, -0.15) is 0 Å². The van der Waals surface area contributed by atoms with Crippen LogP contribution in [0.25, 0.3) is 21.9 Å². The zero-order valence-corrected chi connectivity index (χ0v) is 26.5. The van der Waals surface area contributed by atoms with E-state index < -0.39 is 0 Å². The molecule has 0 spiro atoms. The first-order valence-electron chi connectivity index (χ1n) is 16.2. The summed E-state index contributed by atoms with van der Waals surface area (Å²) in [6.45, 7) is 22.8. The molecule has 6 rings (SSSR count). The minimum atomic E-state index is 0.321. The lowest BCUT2D eigenvalue weighted by Crippen LogP contribution is -2.32. The summed E-state index contributed by atoms with van der Waals surface area (Å²) >= 11 is 0. The molecule has 3 aliphatic rings. The van der Waals surface area contributed by atoms with Gasteiger partial charge in [0.25, 0.3) is 0 Å². The molecule has 1 fully saturated rings. The van der Waals surface area contributed by atoms with Gasteiger partial charge < -0.3 is 0 Å². The number of allylic oxidation sites excluding steroid dienone is 11. The fraction of sp³-hybridized carbons (Fsp3) is 0.302. The first kappa shape index (κ1) is 29.2. The Morgan fingerprint density at radius 2 is 1.70 bits per heavy atom. The minimum Gasteiger partial charge on any atom is -0.0995 e. The van der Waals surface area contributed by atoms with Crippen molar-refractivity contribution in [3.63, 3.8) is 0 Å². The molecule has 0 nitrogen and oxygen atoms in total. The molecule has 0 radical (unpaired) electrons. The van der Waals surface area contributed by atoms with Gasteiger partial charge >= 0.3 is 0 Å². The zero-order chi connectivity index (χ0) is 30.2. The van der Waals surface area contributed by atoms with Crippen LogP contribution >= 0.6 is 0 Å². The van der Waals surface area contributed by atoms with Crippen molar-refractivity contribution in [2.24, 2.45) is 17.8 Å². The van der Waals surface area contributed by atoms with Gasteiger partial charge in [0.1, 0.15) is 0 Å². The smallest absolute Gasteiger partial charge is 0.0124 e. The summed E-state index contributed by atoms with van der Waals surface area (Å²) in [4.78, 5) is 0. The highest BCUT2D eigenvalue weighted by Crippen LogP contribution is 2.58. The van der Waals surface area contributed by atoms with E-state index in [0.29, 0.717) is 23.7 Å². The molecule has 0 aromatic heterocycles. The quantitative estimate of drug-likeness (QED) is 0.240. The van der Waals surface area contributed by atoms with Crippen molar-refractivity contribution in [3.05, 3.63) is 155 Å². The SMILES string of the molecule is C=C(C)c1ccc(C2=CC=C(C=C3CC4=CC(C)C(C(=C)CCC)C(c5c(CC)ccc6ccccc56)C4C3=C)C2)cc1. The molecule has 4 atom stereocenters. The second kappa shape index (κ2) is 12.0. The minimum absolute atomic E-state index is 0.321. The average Bonchev–Trinajstić information content (AvgIpc) is 3.60. The Labute approximate surface area is 259 Å². The molecule has 3 aromatic carbocycles. The summed E-state index contributed by atoms with van der Waals surface area (Å²) in [5, 5.41) is 2.74. The Hall–Kier alpha value is -3.90. The molecule has 1 saturated carbocycles. The molecule has 0 amide bonds. The second-order valence-corrected chi connectivity index (χ2v) is 13.1. The fourth-order valence-corrected chi connectivity index (χ4v) is 8.13. The van der Waals surface area contributed by atoms with Crippen LogP contribution in [0.4, 0.5) is 0 Å². The van der Waals surface area contributed by atoms with Gasteiger partial charge in [0, 0.05) is 11.8 Å². The summed E-state index contributed by atoms with van der Waals surface area (Å²) in [5.74, 6) is 1.53. The van der Waals surface area contributed by atoms with Crippen LogP contribution in [0.1, 0.15) is 81.5 Å². The normalized spacial score (nSPS) is 24.1. The van der Waals surface area contributed by atoms with E-state index in [0.717, 1.165) is 37.7 Å². The first-order valence-corrected chi connectivity index (χ1v) is 16.2. The summed E-state index contributed by atoms with van der Waals surface area (Å²) in [6, 6.07) is 22.5. The standard InChI is InChI=1S/C43H46/c1-8-12-28(5)40-29(6)23-38-26-37(25-31-15-16-36(24-31)34-20-18-33(19-21-34)27(3)4)30(7)41(38)43(40)42-32(9-2)17-22-35-13-10-11-14-39(35)42/h10-11,13-23,25,29,40-41,43H,3,5,7-9,12,24,26H2,1-2,4,6H3. The number of aryl methyl sites for hydroxylation is 1. The summed E-state index contributed by atoms with van der Waals surface area (Å²) in [6.07, 6.45) is 14.9. The van der Waals surface area contributed by atoms with E-state index in [1.807, 2.05) is 0 Å². The van der Waals surface area contributed by atoms with Crippen LogP contribution < -0.4 is 0 Å². The second-order valence-electron chi connectivity index (χ2n) is 13.1. The molecule has 43 heavy (non-hydrogen) atoms. The fourth-order valence-electron chi connectivity index (χ4n) is 8.13. The van der Waals surface area contributed by atoms with Crippen molar-refractivity contribution in [1.82, 2.24) is 0 Å². The summed E-state index contributed by atoms with van der Waals surface area (Å²) < 4.78 is 0. The molecule has 0 N–H and O–H groups in total. The highest BCUT2D eigenvalue weighted by atomic mass is 14.5. The third-order valence-corrected chi connectivity index (χ3v) is 10.2. The lowest BCUT2D eigenvalue weighted by Gasteiger charge is -2.43. The van der Waals surface area contributed by atoms with Crippen LogP contribution in [0, 0.1) is 17.8 Å². The number of rotatable bonds is 8. The van der Waals surface area contributed by atoms with Crippen LogP contribution in [0.2, 0.25) is 0 Å². The number of hydrogen-bond donors (Lipinski definition) is 0. The molecule has 0 heterocycles. The molecule has 0 bridgehead atoms. The van der Waals surface area contributed by atoms with Crippen LogP contribution in [-0.4, -0.2) is 0 Å². The Morgan fingerprint density at radius 3 is 2.42 bits per heavy atom. The maximum atomic E-state index is 4.85. The Balaban J connectivity index is 1.36. The van der Waals surface area contributed by atoms with Crippen LogP contribution in [0.3, 0.4) is 0 Å². The molecule has 3 aliphatic carbocycles. The van der Waals surface area contributed by atoms with Crippen molar-refractivity contribution in [1.29, 1.82) is 0 Å². The van der Waals surface area contributed by atoms with E-state index in [4.69, 9.17) is 13.2 Å². The zero-order valence-electron chi connectivity index (χ0n) is 26.5. The topological polar surface area (TPSA) is 0 Å². The Bertz CT molecular complexity index is 1730. The van der Waals surface area contributed by atoms with E-state index >= 15 is 0 Å². The maximum Gasteiger partial charge on any atom is 0.0124 e. The Kier molecular flexibility index (Phi) is 8.15. The van der Waals surface area contributed by atoms with Crippen molar-refractivity contribution in [2.75, 3.05) is 0 Å². The van der Waals surface area contributed by atoms with Gasteiger partial charge in [-0.15, -0.1) is 0 Å². The van der Waals surface area contributed by atoms with E-state index in [2.05, 4.69) is 119 Å². The van der Waals surface area contributed by atoms with Gasteiger partial charge in [0.15, 0.2) is 0 Å². The maximum absolute atomic E-state index is 4.85. The highest BCUT2D eigenvalue weighted by molar-refractivity contribution is 5.88. The molecule has 218 valence electrons. The van der Waals surface area contributed by atoms with E-state index in [9.17, 15) is 0 Å². The molecule has 4 unspecified atom stereocenters. The van der Waals surface area contributed by atoms with Crippen molar-refractivity contribution in [3.8, 4) is 0 Å². The monoisotopic (exact) mass is 562 g/mol. The lowest BCUT2D eigenvalue weighted by atomic mass is 9.61. The third kappa shape index (κ3) is 5.38. The van der Waals surface area contributed by atoms with E-state index in [-0.39, 0.29) is 0 Å². The molecule has 3 aromatic rings. The molecule has 0 aliphatic heterocycles. The largest absolute Gasteiger partial charge is 0.0995 e. The van der Waals surface area contributed by atoms with Crippen LogP contribution in [-0.2, 0) is 6.42 Å². The van der Waals surface area contributed by atoms with Crippen LogP contribution in [0.5, 0.6) is 0 Å². The number of hydrogen-bond acceptors (Lipinski definition) is 0. The van der Waals surface area contributed by atoms with Gasteiger partial charge in [-0.1, -0.05) is 149 Å². The Morgan fingerprint density at radius 1 is 0.930 bits per heavy atom. The average molecular weight is 563 g/mol. The van der Waals surface area contributed by atoms with Gasteiger partial charge in [0.2, 0.25) is 0 Å². The van der Waals surface area contributed by atoms with Crippen LogP contribution in [0.15, 0.2) is 133 Å². The number of fused-ring (bicyclic) bond motifs is 2. The summed E-state index contributed by atoms with van der Waals surface area (Å²) in [5.41, 5.74) is 15.1. The van der Waals surface area contributed by atoms with Gasteiger partial charge in [0.05, 0.1) is 0 Å². The molecular formula is C43H46. The predicted molar refractivity (Wildman–Crippen MR) is 188 cm³/mol. The van der Waals surface area contributed by atoms with E-state index in [1.54, 1.807) is 5.57 Å². The van der Waals surface area contributed by atoms with Crippen molar-refractivity contribution in [2.45, 2.75) is 65.7 Å². The van der Waals surface area contributed by atoms with Gasteiger partial charge in [-0.3, -0.25) is 0 Å².